The molecule has 0 aliphatic carbocycles. The molecule has 2 rings (SSSR count). The van der Waals surface area contributed by atoms with Gasteiger partial charge in [-0.1, -0.05) is 17.2 Å². The number of aryl methyl sites for hydroxylation is 2. The molecule has 6 nitrogen and oxygen atoms in total. The molecular formula is C11H14N4O2S. The predicted molar refractivity (Wildman–Crippen MR) is 66.1 cm³/mol. The summed E-state index contributed by atoms with van der Waals surface area (Å²) in [6.45, 7) is 4.26. The third kappa shape index (κ3) is 3.13. The Bertz CT molecular complexity index is 535. The Morgan fingerprint density at radius 1 is 1.50 bits per heavy atom. The summed E-state index contributed by atoms with van der Waals surface area (Å²) >= 11 is 1.61. The first-order valence-corrected chi connectivity index (χ1v) is 6.55. The molecule has 18 heavy (non-hydrogen) atoms. The summed E-state index contributed by atoms with van der Waals surface area (Å²) in [5, 5.41) is 13.1. The number of aromatic nitrogens is 3. The summed E-state index contributed by atoms with van der Waals surface area (Å²) in [6.07, 6.45) is 1.10. The first kappa shape index (κ1) is 12.7. The highest BCUT2D eigenvalue weighted by Crippen LogP contribution is 2.09. The maximum atomic E-state index is 11.7. The fourth-order valence-electron chi connectivity index (χ4n) is 1.41. The van der Waals surface area contributed by atoms with Crippen molar-refractivity contribution < 1.29 is 9.42 Å². The molecule has 0 saturated carbocycles. The van der Waals surface area contributed by atoms with Crippen LogP contribution in [0.25, 0.3) is 0 Å². The maximum Gasteiger partial charge on any atom is 0.226 e. The second kappa shape index (κ2) is 5.72. The molecule has 0 aliphatic rings. The lowest BCUT2D eigenvalue weighted by molar-refractivity contribution is -0.120. The quantitative estimate of drug-likeness (QED) is 0.881. The highest BCUT2D eigenvalue weighted by Gasteiger charge is 2.11. The fraction of sp³-hybridized carbons (Fsp3) is 0.455. The summed E-state index contributed by atoms with van der Waals surface area (Å²) in [5.74, 6) is -0.111. The number of rotatable bonds is 5. The van der Waals surface area contributed by atoms with Crippen LogP contribution in [0.4, 0.5) is 0 Å². The molecule has 2 aromatic rings. The second-order valence-corrected chi connectivity index (χ2v) is 4.78. The number of nitrogens with one attached hydrogen (secondary N) is 1. The monoisotopic (exact) mass is 266 g/mol. The first-order valence-electron chi connectivity index (χ1n) is 5.67. The topological polar surface area (TPSA) is 80.9 Å². The van der Waals surface area contributed by atoms with Gasteiger partial charge in [0.1, 0.15) is 11.4 Å². The molecule has 2 heterocycles. The van der Waals surface area contributed by atoms with Gasteiger partial charge in [0.25, 0.3) is 0 Å². The summed E-state index contributed by atoms with van der Waals surface area (Å²) in [6, 6.07) is 0. The molecule has 0 saturated heterocycles. The van der Waals surface area contributed by atoms with Gasteiger partial charge in [0.15, 0.2) is 0 Å². The van der Waals surface area contributed by atoms with Crippen LogP contribution in [0.3, 0.4) is 0 Å². The number of hydrogen-bond acceptors (Lipinski definition) is 6. The van der Waals surface area contributed by atoms with Gasteiger partial charge in [-0.25, -0.2) is 9.61 Å². The van der Waals surface area contributed by atoms with E-state index in [1.807, 2.05) is 5.38 Å². The van der Waals surface area contributed by atoms with Gasteiger partial charge in [0, 0.05) is 5.38 Å². The van der Waals surface area contributed by atoms with Crippen molar-refractivity contribution >= 4 is 17.2 Å². The van der Waals surface area contributed by atoms with Crippen LogP contribution in [0.5, 0.6) is 0 Å². The third-order valence-electron chi connectivity index (χ3n) is 2.44. The van der Waals surface area contributed by atoms with Crippen molar-refractivity contribution in [1.82, 2.24) is 20.6 Å². The van der Waals surface area contributed by atoms with Crippen LogP contribution < -0.4 is 5.32 Å². The Balaban J connectivity index is 1.83. The lowest BCUT2D eigenvalue weighted by atomic mass is 10.2. The molecule has 0 unspecified atom stereocenters. The predicted octanol–water partition coefficient (Wildman–Crippen LogP) is 1.26. The van der Waals surface area contributed by atoms with Gasteiger partial charge in [-0.05, 0) is 13.3 Å². The fourth-order valence-corrected chi connectivity index (χ4v) is 2.15. The standard InChI is InChI=1S/C11H14N4O2S/c1-3-11-13-8(6-18-11)5-12-10(16)4-9-7(2)14-17-15-9/h6H,3-5H2,1-2H3,(H,12,16). The minimum Gasteiger partial charge on any atom is -0.350 e. The van der Waals surface area contributed by atoms with Crippen LogP contribution in [0.2, 0.25) is 0 Å². The zero-order valence-electron chi connectivity index (χ0n) is 10.3. The van der Waals surface area contributed by atoms with Crippen LogP contribution in [0.1, 0.15) is 29.0 Å². The molecule has 0 aliphatic heterocycles. The Morgan fingerprint density at radius 3 is 2.94 bits per heavy atom. The Labute approximate surface area is 108 Å². The van der Waals surface area contributed by atoms with Crippen molar-refractivity contribution in [2.24, 2.45) is 0 Å². The van der Waals surface area contributed by atoms with E-state index in [0.29, 0.717) is 17.9 Å². The highest BCUT2D eigenvalue weighted by molar-refractivity contribution is 7.09. The smallest absolute Gasteiger partial charge is 0.226 e. The molecule has 2 aromatic heterocycles. The van der Waals surface area contributed by atoms with Crippen molar-refractivity contribution in [2.45, 2.75) is 33.2 Å². The van der Waals surface area contributed by atoms with Crippen molar-refractivity contribution in [3.63, 3.8) is 0 Å². The zero-order valence-corrected chi connectivity index (χ0v) is 11.1. The zero-order chi connectivity index (χ0) is 13.0. The van der Waals surface area contributed by atoms with Crippen molar-refractivity contribution in [2.75, 3.05) is 0 Å². The molecule has 0 radical (unpaired) electrons. The molecule has 0 fully saturated rings. The van der Waals surface area contributed by atoms with E-state index in [9.17, 15) is 4.79 Å². The molecule has 0 atom stereocenters. The van der Waals surface area contributed by atoms with E-state index >= 15 is 0 Å². The average molecular weight is 266 g/mol. The lowest BCUT2D eigenvalue weighted by Gasteiger charge is -2.01. The van der Waals surface area contributed by atoms with Crippen molar-refractivity contribution in [3.05, 3.63) is 27.5 Å². The van der Waals surface area contributed by atoms with Crippen LogP contribution in [0.15, 0.2) is 10.0 Å². The van der Waals surface area contributed by atoms with E-state index in [-0.39, 0.29) is 12.3 Å². The van der Waals surface area contributed by atoms with E-state index in [2.05, 4.69) is 32.2 Å². The van der Waals surface area contributed by atoms with E-state index in [1.165, 1.54) is 0 Å². The van der Waals surface area contributed by atoms with Crippen LogP contribution in [-0.4, -0.2) is 21.2 Å². The van der Waals surface area contributed by atoms with Gasteiger partial charge in [-0.3, -0.25) is 4.79 Å². The lowest BCUT2D eigenvalue weighted by Crippen LogP contribution is -2.25. The number of amides is 1. The summed E-state index contributed by atoms with van der Waals surface area (Å²) in [7, 11) is 0. The van der Waals surface area contributed by atoms with E-state index < -0.39 is 0 Å². The van der Waals surface area contributed by atoms with Gasteiger partial charge in [-0.15, -0.1) is 11.3 Å². The maximum absolute atomic E-state index is 11.7. The number of carbonyl (C=O) groups excluding carboxylic acids is 1. The van der Waals surface area contributed by atoms with E-state index in [0.717, 1.165) is 17.1 Å². The molecule has 1 amide bonds. The Kier molecular flexibility index (Phi) is 4.03. The largest absolute Gasteiger partial charge is 0.350 e. The minimum atomic E-state index is -0.111. The summed E-state index contributed by atoms with van der Waals surface area (Å²) in [5.41, 5.74) is 2.10. The van der Waals surface area contributed by atoms with E-state index in [1.54, 1.807) is 18.3 Å². The molecule has 0 bridgehead atoms. The molecule has 1 N–H and O–H groups in total. The number of carbonyl (C=O) groups is 1. The normalized spacial score (nSPS) is 10.6. The van der Waals surface area contributed by atoms with Crippen molar-refractivity contribution in [1.29, 1.82) is 0 Å². The van der Waals surface area contributed by atoms with Crippen LogP contribution in [0, 0.1) is 6.92 Å². The molecule has 96 valence electrons. The molecular weight excluding hydrogens is 252 g/mol. The number of nitrogens with zero attached hydrogens (tertiary/aromatic N) is 3. The Morgan fingerprint density at radius 2 is 2.33 bits per heavy atom. The SMILES string of the molecule is CCc1nc(CNC(=O)Cc2nonc2C)cs1. The van der Waals surface area contributed by atoms with Gasteiger partial charge >= 0.3 is 0 Å². The summed E-state index contributed by atoms with van der Waals surface area (Å²) in [4.78, 5) is 16.0. The van der Waals surface area contributed by atoms with Crippen LogP contribution >= 0.6 is 11.3 Å². The van der Waals surface area contributed by atoms with E-state index in [4.69, 9.17) is 0 Å². The van der Waals surface area contributed by atoms with Gasteiger partial charge in [-0.2, -0.15) is 0 Å². The number of hydrogen-bond donors (Lipinski definition) is 1. The average Bonchev–Trinajstić information content (AvgIpc) is 2.97. The Hall–Kier alpha value is -1.76. The molecule has 7 heteroatoms. The van der Waals surface area contributed by atoms with Gasteiger partial charge < -0.3 is 5.32 Å². The highest BCUT2D eigenvalue weighted by atomic mass is 32.1. The number of thiazole rings is 1. The third-order valence-corrected chi connectivity index (χ3v) is 3.48. The minimum absolute atomic E-state index is 0.111. The van der Waals surface area contributed by atoms with Gasteiger partial charge in [0.2, 0.25) is 5.91 Å². The second-order valence-electron chi connectivity index (χ2n) is 3.84. The first-order chi connectivity index (χ1) is 8.69. The van der Waals surface area contributed by atoms with Crippen LogP contribution in [-0.2, 0) is 24.2 Å². The van der Waals surface area contributed by atoms with Crippen molar-refractivity contribution in [3.8, 4) is 0 Å². The molecule has 0 aromatic carbocycles. The van der Waals surface area contributed by atoms with Gasteiger partial charge in [0.05, 0.1) is 23.7 Å². The molecule has 0 spiro atoms. The summed E-state index contributed by atoms with van der Waals surface area (Å²) < 4.78 is 4.54.